The molecule has 3 nitrogen and oxygen atoms in total. The highest BCUT2D eigenvalue weighted by Gasteiger charge is 2.25. The second-order valence-corrected chi connectivity index (χ2v) is 6.99. The summed E-state index contributed by atoms with van der Waals surface area (Å²) in [6.45, 7) is 0.809. The van der Waals surface area contributed by atoms with E-state index in [9.17, 15) is 5.11 Å². The van der Waals surface area contributed by atoms with Crippen LogP contribution in [0.15, 0.2) is 21.1 Å². The largest absolute Gasteiger partial charge is 0.485 e. The lowest BCUT2D eigenvalue weighted by Gasteiger charge is -2.23. The van der Waals surface area contributed by atoms with Crippen LogP contribution in [0.25, 0.3) is 0 Å². The molecule has 0 amide bonds. The highest BCUT2D eigenvalue weighted by molar-refractivity contribution is 9.11. The Balaban J connectivity index is 2.15. The molecular formula is C15H21Br2NO2. The summed E-state index contributed by atoms with van der Waals surface area (Å²) in [7, 11) is 1.92. The molecular weight excluding hydrogens is 386 g/mol. The first-order valence-electron chi connectivity index (χ1n) is 7.09. The second kappa shape index (κ2) is 7.78. The van der Waals surface area contributed by atoms with Gasteiger partial charge in [-0.25, -0.2) is 0 Å². The predicted octanol–water partition coefficient (Wildman–Crippen LogP) is 4.00. The maximum absolute atomic E-state index is 10.2. The number of nitrogens with one attached hydrogen (secondary N) is 1. The first kappa shape index (κ1) is 16.3. The summed E-state index contributed by atoms with van der Waals surface area (Å²) in [6.07, 6.45) is 4.66. The van der Waals surface area contributed by atoms with Crippen LogP contribution in [0.2, 0.25) is 0 Å². The van der Waals surface area contributed by atoms with Crippen LogP contribution in [0.1, 0.15) is 37.7 Å². The van der Waals surface area contributed by atoms with Crippen LogP contribution in [-0.4, -0.2) is 24.4 Å². The maximum Gasteiger partial charge on any atom is 0.148 e. The molecule has 0 aromatic heterocycles. The Kier molecular flexibility index (Phi) is 6.33. The van der Waals surface area contributed by atoms with Crippen molar-refractivity contribution in [2.75, 3.05) is 7.05 Å². The van der Waals surface area contributed by atoms with Gasteiger partial charge >= 0.3 is 0 Å². The van der Waals surface area contributed by atoms with Gasteiger partial charge in [0.05, 0.1) is 15.0 Å². The van der Waals surface area contributed by atoms with Gasteiger partial charge in [-0.1, -0.05) is 12.8 Å². The molecule has 2 N–H and O–H groups in total. The zero-order chi connectivity index (χ0) is 14.5. The number of ether oxygens (including phenoxy) is 1. The summed E-state index contributed by atoms with van der Waals surface area (Å²) in [6, 6.07) is 4.11. The van der Waals surface area contributed by atoms with Gasteiger partial charge in [0, 0.05) is 6.54 Å². The van der Waals surface area contributed by atoms with Gasteiger partial charge in [0.15, 0.2) is 0 Å². The summed E-state index contributed by atoms with van der Waals surface area (Å²) in [4.78, 5) is 0. The molecule has 0 heterocycles. The van der Waals surface area contributed by atoms with Gasteiger partial charge in [0.2, 0.25) is 0 Å². The minimum atomic E-state index is -0.367. The molecule has 1 aromatic rings. The highest BCUT2D eigenvalue weighted by atomic mass is 79.9. The van der Waals surface area contributed by atoms with E-state index < -0.39 is 0 Å². The van der Waals surface area contributed by atoms with Crippen LogP contribution in [-0.2, 0) is 6.54 Å². The SMILES string of the molecule is CNCc1cc(Br)c(OC2CCCCCC2O)c(Br)c1. The molecule has 5 heteroatoms. The van der Waals surface area contributed by atoms with Crippen molar-refractivity contribution < 1.29 is 9.84 Å². The minimum Gasteiger partial charge on any atom is -0.485 e. The number of hydrogen-bond acceptors (Lipinski definition) is 3. The molecule has 2 atom stereocenters. The van der Waals surface area contributed by atoms with Crippen molar-refractivity contribution in [2.45, 2.75) is 50.9 Å². The summed E-state index contributed by atoms with van der Waals surface area (Å²) >= 11 is 7.14. The fourth-order valence-electron chi connectivity index (χ4n) is 2.57. The van der Waals surface area contributed by atoms with Gasteiger partial charge in [-0.3, -0.25) is 0 Å². The number of benzene rings is 1. The van der Waals surface area contributed by atoms with Gasteiger partial charge in [0.25, 0.3) is 0 Å². The first-order valence-corrected chi connectivity index (χ1v) is 8.67. The molecule has 20 heavy (non-hydrogen) atoms. The molecule has 1 aliphatic carbocycles. The molecule has 0 radical (unpaired) electrons. The third-order valence-corrected chi connectivity index (χ3v) is 4.80. The molecule has 0 spiro atoms. The Bertz CT molecular complexity index is 430. The van der Waals surface area contributed by atoms with Crippen LogP contribution in [0.3, 0.4) is 0 Å². The van der Waals surface area contributed by atoms with Crippen molar-refractivity contribution in [2.24, 2.45) is 0 Å². The quantitative estimate of drug-likeness (QED) is 0.742. The Morgan fingerprint density at radius 1 is 1.20 bits per heavy atom. The minimum absolute atomic E-state index is 0.111. The molecule has 2 rings (SSSR count). The number of rotatable bonds is 4. The van der Waals surface area contributed by atoms with Crippen LogP contribution in [0, 0.1) is 0 Å². The van der Waals surface area contributed by atoms with Crippen molar-refractivity contribution in [3.63, 3.8) is 0 Å². The molecule has 0 aliphatic heterocycles. The van der Waals surface area contributed by atoms with Gasteiger partial charge in [0.1, 0.15) is 11.9 Å². The Morgan fingerprint density at radius 2 is 1.85 bits per heavy atom. The fourth-order valence-corrected chi connectivity index (χ4v) is 4.04. The van der Waals surface area contributed by atoms with Gasteiger partial charge in [-0.05, 0) is 75.9 Å². The van der Waals surface area contributed by atoms with E-state index in [-0.39, 0.29) is 12.2 Å². The van der Waals surface area contributed by atoms with Gasteiger partial charge in [-0.2, -0.15) is 0 Å². The average Bonchev–Trinajstić information content (AvgIpc) is 2.59. The molecule has 1 aliphatic rings. The maximum atomic E-state index is 10.2. The number of halogens is 2. The molecule has 0 saturated heterocycles. The Labute approximate surface area is 137 Å². The number of aliphatic hydroxyl groups excluding tert-OH is 1. The van der Waals surface area contributed by atoms with E-state index >= 15 is 0 Å². The van der Waals surface area contributed by atoms with E-state index in [0.29, 0.717) is 0 Å². The third kappa shape index (κ3) is 4.20. The zero-order valence-corrected chi connectivity index (χ0v) is 14.8. The Hall–Kier alpha value is -0.100. The predicted molar refractivity (Wildman–Crippen MR) is 88.1 cm³/mol. The van der Waals surface area contributed by atoms with E-state index in [2.05, 4.69) is 49.3 Å². The summed E-state index contributed by atoms with van der Waals surface area (Å²) in [5.74, 6) is 0.788. The lowest BCUT2D eigenvalue weighted by atomic mass is 10.1. The van der Waals surface area contributed by atoms with E-state index in [1.54, 1.807) is 0 Å². The van der Waals surface area contributed by atoms with E-state index in [1.165, 1.54) is 12.0 Å². The topological polar surface area (TPSA) is 41.5 Å². The molecule has 0 bridgehead atoms. The van der Waals surface area contributed by atoms with Crippen molar-refractivity contribution in [3.8, 4) is 5.75 Å². The molecule has 1 aromatic carbocycles. The lowest BCUT2D eigenvalue weighted by molar-refractivity contribution is 0.0311. The van der Waals surface area contributed by atoms with Crippen molar-refractivity contribution in [1.82, 2.24) is 5.32 Å². The van der Waals surface area contributed by atoms with E-state index in [1.807, 2.05) is 7.05 Å². The number of aliphatic hydroxyl groups is 1. The second-order valence-electron chi connectivity index (χ2n) is 5.28. The van der Waals surface area contributed by atoms with Crippen LogP contribution in [0.5, 0.6) is 5.75 Å². The van der Waals surface area contributed by atoms with Gasteiger partial charge < -0.3 is 15.2 Å². The monoisotopic (exact) mass is 405 g/mol. The normalized spacial score (nSPS) is 23.4. The third-order valence-electron chi connectivity index (χ3n) is 3.63. The van der Waals surface area contributed by atoms with Crippen molar-refractivity contribution >= 4 is 31.9 Å². The summed E-state index contributed by atoms with van der Waals surface area (Å²) in [5, 5.41) is 13.3. The first-order chi connectivity index (χ1) is 9.61. The summed E-state index contributed by atoms with van der Waals surface area (Å²) in [5.41, 5.74) is 1.18. The van der Waals surface area contributed by atoms with Crippen molar-refractivity contribution in [1.29, 1.82) is 0 Å². The molecule has 112 valence electrons. The molecule has 1 saturated carbocycles. The van der Waals surface area contributed by atoms with Crippen molar-refractivity contribution in [3.05, 3.63) is 26.6 Å². The smallest absolute Gasteiger partial charge is 0.148 e. The van der Waals surface area contributed by atoms with E-state index in [4.69, 9.17) is 4.74 Å². The fraction of sp³-hybridized carbons (Fsp3) is 0.600. The molecule has 2 unspecified atom stereocenters. The lowest BCUT2D eigenvalue weighted by Crippen LogP contribution is -2.30. The number of hydrogen-bond donors (Lipinski definition) is 2. The van der Waals surface area contributed by atoms with E-state index in [0.717, 1.165) is 46.9 Å². The van der Waals surface area contributed by atoms with Crippen LogP contribution >= 0.6 is 31.9 Å². The van der Waals surface area contributed by atoms with Gasteiger partial charge in [-0.15, -0.1) is 0 Å². The standard InChI is InChI=1S/C15H21Br2NO2/c1-18-9-10-7-11(16)15(12(17)8-10)20-14-6-4-2-3-5-13(14)19/h7-8,13-14,18-19H,2-6,9H2,1H3. The highest BCUT2D eigenvalue weighted by Crippen LogP contribution is 2.37. The zero-order valence-electron chi connectivity index (χ0n) is 11.7. The van der Waals surface area contributed by atoms with Crippen LogP contribution < -0.4 is 10.1 Å². The van der Waals surface area contributed by atoms with Crippen LogP contribution in [0.4, 0.5) is 0 Å². The summed E-state index contributed by atoms with van der Waals surface area (Å²) < 4.78 is 7.93. The Morgan fingerprint density at radius 3 is 2.50 bits per heavy atom. The average molecular weight is 407 g/mol. The molecule has 1 fully saturated rings.